The average molecular weight is 289 g/mol. The number of amides is 1. The molecule has 2 N–H and O–H groups in total. The van der Waals surface area contributed by atoms with Crippen LogP contribution in [0.15, 0.2) is 0 Å². The predicted molar refractivity (Wildman–Crippen MR) is 81.7 cm³/mol. The highest BCUT2D eigenvalue weighted by Crippen LogP contribution is 2.28. The minimum atomic E-state index is 0. The topological polar surface area (TPSA) is 41.1 Å². The van der Waals surface area contributed by atoms with E-state index in [1.165, 1.54) is 38.5 Å². The molecule has 1 amide bonds. The summed E-state index contributed by atoms with van der Waals surface area (Å²) in [6.07, 6.45) is 11.0. The van der Waals surface area contributed by atoms with Gasteiger partial charge in [-0.05, 0) is 45.1 Å². The van der Waals surface area contributed by atoms with Crippen LogP contribution in [-0.4, -0.2) is 24.5 Å². The van der Waals surface area contributed by atoms with Crippen molar-refractivity contribution in [1.82, 2.24) is 10.6 Å². The van der Waals surface area contributed by atoms with E-state index in [0.29, 0.717) is 12.1 Å². The minimum Gasteiger partial charge on any atom is -0.352 e. The SMILES string of the molecule is CC1NCCCC1NC(=O)CCCC1CCCC1.Cl. The van der Waals surface area contributed by atoms with Gasteiger partial charge >= 0.3 is 0 Å². The van der Waals surface area contributed by atoms with E-state index in [9.17, 15) is 4.79 Å². The van der Waals surface area contributed by atoms with Crippen molar-refractivity contribution in [3.8, 4) is 0 Å². The van der Waals surface area contributed by atoms with Gasteiger partial charge in [0.1, 0.15) is 0 Å². The van der Waals surface area contributed by atoms with Gasteiger partial charge in [-0.25, -0.2) is 0 Å². The molecule has 0 bridgehead atoms. The number of nitrogens with one attached hydrogen (secondary N) is 2. The number of piperidine rings is 1. The maximum absolute atomic E-state index is 11.9. The first-order valence-corrected chi connectivity index (χ1v) is 7.78. The van der Waals surface area contributed by atoms with Gasteiger partial charge in [0, 0.05) is 18.5 Å². The van der Waals surface area contributed by atoms with Crippen molar-refractivity contribution in [1.29, 1.82) is 0 Å². The number of carbonyl (C=O) groups is 1. The summed E-state index contributed by atoms with van der Waals surface area (Å²) in [7, 11) is 0. The van der Waals surface area contributed by atoms with Crippen molar-refractivity contribution in [2.75, 3.05) is 6.54 Å². The third-order valence-corrected chi connectivity index (χ3v) is 4.60. The lowest BCUT2D eigenvalue weighted by atomic mass is 9.98. The van der Waals surface area contributed by atoms with Crippen molar-refractivity contribution in [2.45, 2.75) is 76.8 Å². The lowest BCUT2D eigenvalue weighted by Gasteiger charge is -2.30. The number of hydrogen-bond donors (Lipinski definition) is 2. The highest BCUT2D eigenvalue weighted by atomic mass is 35.5. The Hall–Kier alpha value is -0.280. The molecular weight excluding hydrogens is 260 g/mol. The summed E-state index contributed by atoms with van der Waals surface area (Å²) in [5.74, 6) is 1.17. The molecule has 0 radical (unpaired) electrons. The Morgan fingerprint density at radius 1 is 1.21 bits per heavy atom. The molecule has 2 rings (SSSR count). The molecule has 2 aliphatic rings. The van der Waals surface area contributed by atoms with Gasteiger partial charge in [-0.15, -0.1) is 12.4 Å². The smallest absolute Gasteiger partial charge is 0.220 e. The Kier molecular flexibility index (Phi) is 7.77. The van der Waals surface area contributed by atoms with Gasteiger partial charge in [0.05, 0.1) is 0 Å². The zero-order chi connectivity index (χ0) is 12.8. The van der Waals surface area contributed by atoms with Gasteiger partial charge in [0.2, 0.25) is 5.91 Å². The molecule has 1 aliphatic heterocycles. The maximum Gasteiger partial charge on any atom is 0.220 e. The van der Waals surface area contributed by atoms with Crippen LogP contribution in [0.25, 0.3) is 0 Å². The van der Waals surface area contributed by atoms with Crippen LogP contribution in [0.2, 0.25) is 0 Å². The van der Waals surface area contributed by atoms with Crippen LogP contribution in [0.5, 0.6) is 0 Å². The summed E-state index contributed by atoms with van der Waals surface area (Å²) in [5, 5.41) is 6.62. The fourth-order valence-corrected chi connectivity index (χ4v) is 3.37. The molecule has 0 aromatic rings. The largest absolute Gasteiger partial charge is 0.352 e. The van der Waals surface area contributed by atoms with Crippen molar-refractivity contribution in [3.05, 3.63) is 0 Å². The van der Waals surface area contributed by atoms with E-state index in [0.717, 1.165) is 31.7 Å². The number of carbonyl (C=O) groups excluding carboxylic acids is 1. The number of rotatable bonds is 5. The molecule has 0 aromatic heterocycles. The van der Waals surface area contributed by atoms with Crippen LogP contribution in [0.1, 0.15) is 64.7 Å². The normalized spacial score (nSPS) is 27.8. The molecule has 112 valence electrons. The van der Waals surface area contributed by atoms with Gasteiger partial charge in [0.15, 0.2) is 0 Å². The molecule has 1 saturated heterocycles. The zero-order valence-electron chi connectivity index (χ0n) is 12.1. The van der Waals surface area contributed by atoms with Crippen LogP contribution < -0.4 is 10.6 Å². The highest BCUT2D eigenvalue weighted by Gasteiger charge is 2.22. The Labute approximate surface area is 123 Å². The lowest BCUT2D eigenvalue weighted by molar-refractivity contribution is -0.122. The minimum absolute atomic E-state index is 0. The van der Waals surface area contributed by atoms with Crippen LogP contribution in [-0.2, 0) is 4.79 Å². The van der Waals surface area contributed by atoms with Gasteiger partial charge in [-0.2, -0.15) is 0 Å². The van der Waals surface area contributed by atoms with Crippen molar-refractivity contribution in [3.63, 3.8) is 0 Å². The van der Waals surface area contributed by atoms with Crippen LogP contribution in [0.4, 0.5) is 0 Å². The van der Waals surface area contributed by atoms with Crippen molar-refractivity contribution < 1.29 is 4.79 Å². The molecule has 1 saturated carbocycles. The Morgan fingerprint density at radius 2 is 1.95 bits per heavy atom. The fourth-order valence-electron chi connectivity index (χ4n) is 3.37. The molecule has 4 heteroatoms. The third-order valence-electron chi connectivity index (χ3n) is 4.60. The van der Waals surface area contributed by atoms with E-state index in [-0.39, 0.29) is 18.3 Å². The summed E-state index contributed by atoms with van der Waals surface area (Å²) in [6.45, 7) is 3.26. The molecule has 2 unspecified atom stereocenters. The van der Waals surface area contributed by atoms with E-state index in [2.05, 4.69) is 17.6 Å². The first-order chi connectivity index (χ1) is 8.75. The summed E-state index contributed by atoms with van der Waals surface area (Å²) in [4.78, 5) is 11.9. The lowest BCUT2D eigenvalue weighted by Crippen LogP contribution is -2.51. The second kappa shape index (κ2) is 8.80. The first kappa shape index (κ1) is 16.8. The Balaban J connectivity index is 0.00000180. The molecule has 2 atom stereocenters. The van der Waals surface area contributed by atoms with Gasteiger partial charge in [-0.3, -0.25) is 4.79 Å². The quantitative estimate of drug-likeness (QED) is 0.816. The number of hydrogen-bond acceptors (Lipinski definition) is 2. The molecule has 1 aliphatic carbocycles. The van der Waals surface area contributed by atoms with Crippen LogP contribution in [0, 0.1) is 5.92 Å². The van der Waals surface area contributed by atoms with Gasteiger partial charge in [-0.1, -0.05) is 25.7 Å². The van der Waals surface area contributed by atoms with E-state index < -0.39 is 0 Å². The molecule has 0 aromatic carbocycles. The summed E-state index contributed by atoms with van der Waals surface area (Å²) < 4.78 is 0. The third kappa shape index (κ3) is 5.70. The molecule has 3 nitrogen and oxygen atoms in total. The second-order valence-corrected chi connectivity index (χ2v) is 6.10. The second-order valence-electron chi connectivity index (χ2n) is 6.10. The average Bonchev–Trinajstić information content (AvgIpc) is 2.85. The Bertz CT molecular complexity index is 267. The van der Waals surface area contributed by atoms with E-state index in [4.69, 9.17) is 0 Å². The predicted octanol–water partition coefficient (Wildman–Crippen LogP) is 3.03. The van der Waals surface area contributed by atoms with Gasteiger partial charge in [0.25, 0.3) is 0 Å². The maximum atomic E-state index is 11.9. The zero-order valence-corrected chi connectivity index (χ0v) is 12.9. The summed E-state index contributed by atoms with van der Waals surface area (Å²) in [6, 6.07) is 0.773. The molecule has 1 heterocycles. The first-order valence-electron chi connectivity index (χ1n) is 7.78. The van der Waals surface area contributed by atoms with E-state index in [1.807, 2.05) is 0 Å². The highest BCUT2D eigenvalue weighted by molar-refractivity contribution is 5.85. The summed E-state index contributed by atoms with van der Waals surface area (Å²) >= 11 is 0. The molecule has 19 heavy (non-hydrogen) atoms. The molecule has 0 spiro atoms. The Morgan fingerprint density at radius 3 is 2.63 bits per heavy atom. The van der Waals surface area contributed by atoms with Crippen molar-refractivity contribution in [2.24, 2.45) is 5.92 Å². The standard InChI is InChI=1S/C15H28N2O.ClH/c1-12-14(9-5-11-16-12)17-15(18)10-4-8-13-6-2-3-7-13;/h12-14,16H,2-11H2,1H3,(H,17,18);1H. The summed E-state index contributed by atoms with van der Waals surface area (Å²) in [5.41, 5.74) is 0. The van der Waals surface area contributed by atoms with Crippen LogP contribution >= 0.6 is 12.4 Å². The van der Waals surface area contributed by atoms with E-state index >= 15 is 0 Å². The monoisotopic (exact) mass is 288 g/mol. The molecular formula is C15H29ClN2O. The molecule has 2 fully saturated rings. The van der Waals surface area contributed by atoms with E-state index in [1.54, 1.807) is 0 Å². The number of halogens is 1. The fraction of sp³-hybridized carbons (Fsp3) is 0.933. The van der Waals surface area contributed by atoms with Crippen LogP contribution in [0.3, 0.4) is 0 Å². The van der Waals surface area contributed by atoms with Gasteiger partial charge < -0.3 is 10.6 Å². The van der Waals surface area contributed by atoms with Crippen molar-refractivity contribution >= 4 is 18.3 Å².